The first-order valence-electron chi connectivity index (χ1n) is 9.04. The lowest BCUT2D eigenvalue weighted by molar-refractivity contribution is -0.187. The fourth-order valence-corrected chi connectivity index (χ4v) is 5.36. The monoisotopic (exact) mass is 294 g/mol. The number of rotatable bonds is 2. The van der Waals surface area contributed by atoms with Gasteiger partial charge in [-0.2, -0.15) is 0 Å². The van der Waals surface area contributed by atoms with E-state index in [0.717, 1.165) is 64.2 Å². The van der Waals surface area contributed by atoms with Crippen molar-refractivity contribution in [3.8, 4) is 0 Å². The molecule has 21 heavy (non-hydrogen) atoms. The van der Waals surface area contributed by atoms with Crippen molar-refractivity contribution in [2.75, 3.05) is 0 Å². The van der Waals surface area contributed by atoms with Gasteiger partial charge in [-0.05, 0) is 38.5 Å². The van der Waals surface area contributed by atoms with Crippen LogP contribution >= 0.6 is 0 Å². The van der Waals surface area contributed by atoms with Crippen molar-refractivity contribution in [2.45, 2.75) is 94.7 Å². The summed E-state index contributed by atoms with van der Waals surface area (Å²) in [5.41, 5.74) is -1.67. The summed E-state index contributed by atoms with van der Waals surface area (Å²) in [6.45, 7) is 0. The van der Waals surface area contributed by atoms with E-state index in [9.17, 15) is 15.0 Å². The molecule has 0 bridgehead atoms. The molecule has 3 rings (SSSR count). The Labute approximate surface area is 128 Å². The molecule has 3 fully saturated rings. The van der Waals surface area contributed by atoms with E-state index in [2.05, 4.69) is 0 Å². The zero-order chi connectivity index (χ0) is 14.9. The first kappa shape index (κ1) is 15.5. The van der Waals surface area contributed by atoms with Crippen molar-refractivity contribution in [3.05, 3.63) is 0 Å². The van der Waals surface area contributed by atoms with Gasteiger partial charge in [-0.1, -0.05) is 38.5 Å². The van der Waals surface area contributed by atoms with Gasteiger partial charge in [0.25, 0.3) is 0 Å². The summed E-state index contributed by atoms with van der Waals surface area (Å²) in [6.07, 6.45) is 12.0. The topological polar surface area (TPSA) is 57.5 Å². The molecule has 0 aromatic carbocycles. The molecular formula is C18H30O3. The second kappa shape index (κ2) is 6.00. The van der Waals surface area contributed by atoms with Gasteiger partial charge >= 0.3 is 0 Å². The summed E-state index contributed by atoms with van der Waals surface area (Å²) in [7, 11) is 0. The number of Topliss-reactive ketones (excluding diaryl/α,β-unsaturated/α-hetero) is 1. The highest BCUT2D eigenvalue weighted by Gasteiger charge is 2.55. The highest BCUT2D eigenvalue weighted by atomic mass is 16.3. The van der Waals surface area contributed by atoms with E-state index in [1.165, 1.54) is 6.42 Å². The average Bonchev–Trinajstić information content (AvgIpc) is 2.48. The van der Waals surface area contributed by atoms with Crippen LogP contribution in [-0.4, -0.2) is 27.2 Å². The molecule has 0 radical (unpaired) electrons. The molecule has 0 heterocycles. The summed E-state index contributed by atoms with van der Waals surface area (Å²) >= 11 is 0. The second-order valence-electron chi connectivity index (χ2n) is 7.72. The Morgan fingerprint density at radius 1 is 0.810 bits per heavy atom. The molecule has 3 saturated carbocycles. The molecule has 3 aliphatic carbocycles. The van der Waals surface area contributed by atoms with Crippen molar-refractivity contribution in [3.63, 3.8) is 0 Å². The Morgan fingerprint density at radius 2 is 1.48 bits per heavy atom. The minimum Gasteiger partial charge on any atom is -0.389 e. The zero-order valence-corrected chi connectivity index (χ0v) is 13.1. The molecule has 3 aliphatic rings. The third-order valence-corrected chi connectivity index (χ3v) is 6.45. The predicted molar refractivity (Wildman–Crippen MR) is 81.9 cm³/mol. The minimum absolute atomic E-state index is 0.0916. The molecule has 3 nitrogen and oxygen atoms in total. The molecule has 0 aromatic heterocycles. The van der Waals surface area contributed by atoms with Crippen molar-refractivity contribution in [1.29, 1.82) is 0 Å². The van der Waals surface area contributed by atoms with Crippen molar-refractivity contribution in [2.24, 2.45) is 11.8 Å². The summed E-state index contributed by atoms with van der Waals surface area (Å²) in [5, 5.41) is 22.6. The molecule has 3 atom stereocenters. The van der Waals surface area contributed by atoms with Crippen molar-refractivity contribution < 1.29 is 15.0 Å². The number of aliphatic hydroxyl groups is 2. The maximum absolute atomic E-state index is 12.4. The number of hydrogen-bond acceptors (Lipinski definition) is 3. The van der Waals surface area contributed by atoms with Crippen molar-refractivity contribution >= 4 is 5.78 Å². The molecule has 3 heteroatoms. The van der Waals surface area contributed by atoms with E-state index in [4.69, 9.17) is 0 Å². The van der Waals surface area contributed by atoms with Crippen LogP contribution in [0.2, 0.25) is 0 Å². The molecule has 0 spiro atoms. The van der Waals surface area contributed by atoms with Gasteiger partial charge in [-0.25, -0.2) is 0 Å². The summed E-state index contributed by atoms with van der Waals surface area (Å²) in [6, 6.07) is 0. The average molecular weight is 294 g/mol. The van der Waals surface area contributed by atoms with Gasteiger partial charge in [0.1, 0.15) is 5.78 Å². The van der Waals surface area contributed by atoms with Gasteiger partial charge in [0.05, 0.1) is 11.2 Å². The van der Waals surface area contributed by atoms with Gasteiger partial charge in [0, 0.05) is 18.3 Å². The van der Waals surface area contributed by atoms with E-state index in [0.29, 0.717) is 12.8 Å². The van der Waals surface area contributed by atoms with E-state index >= 15 is 0 Å². The minimum atomic E-state index is -0.943. The highest BCUT2D eigenvalue weighted by molar-refractivity contribution is 5.83. The van der Waals surface area contributed by atoms with Crippen LogP contribution < -0.4 is 0 Å². The third-order valence-electron chi connectivity index (χ3n) is 6.45. The summed E-state index contributed by atoms with van der Waals surface area (Å²) in [5.74, 6) is -0.0661. The fourth-order valence-electron chi connectivity index (χ4n) is 5.36. The van der Waals surface area contributed by atoms with Gasteiger partial charge < -0.3 is 10.2 Å². The Morgan fingerprint density at radius 3 is 2.19 bits per heavy atom. The van der Waals surface area contributed by atoms with Crippen LogP contribution in [0.3, 0.4) is 0 Å². The Hall–Kier alpha value is -0.410. The van der Waals surface area contributed by atoms with E-state index < -0.39 is 11.2 Å². The van der Waals surface area contributed by atoms with Crippen LogP contribution in [0.4, 0.5) is 0 Å². The summed E-state index contributed by atoms with van der Waals surface area (Å²) < 4.78 is 0. The van der Waals surface area contributed by atoms with Gasteiger partial charge in [0.2, 0.25) is 0 Å². The number of carbonyl (C=O) groups excluding carboxylic acids is 1. The van der Waals surface area contributed by atoms with Crippen LogP contribution in [0.1, 0.15) is 83.5 Å². The zero-order valence-electron chi connectivity index (χ0n) is 13.1. The standard InChI is InChI=1S/C18H30O3/c19-15-9-3-2-8-14(15)18(21)13-7-4-10-16(18)17(20)11-5-1-6-12-17/h14,16,20-21H,1-13H2/t14-,16+,18+/m1/s1. The molecule has 0 amide bonds. The van der Waals surface area contributed by atoms with Crippen LogP contribution in [-0.2, 0) is 4.79 Å². The van der Waals surface area contributed by atoms with Gasteiger partial charge in [-0.3, -0.25) is 4.79 Å². The lowest BCUT2D eigenvalue weighted by Crippen LogP contribution is -2.59. The van der Waals surface area contributed by atoms with Gasteiger partial charge in [0.15, 0.2) is 0 Å². The van der Waals surface area contributed by atoms with E-state index in [1.807, 2.05) is 0 Å². The van der Waals surface area contributed by atoms with Crippen LogP contribution in [0.5, 0.6) is 0 Å². The number of carbonyl (C=O) groups is 1. The van der Waals surface area contributed by atoms with Crippen LogP contribution in [0, 0.1) is 11.8 Å². The molecule has 120 valence electrons. The first-order chi connectivity index (χ1) is 10.1. The largest absolute Gasteiger partial charge is 0.389 e. The molecule has 0 aromatic rings. The molecule has 0 unspecified atom stereocenters. The maximum Gasteiger partial charge on any atom is 0.138 e. The van der Waals surface area contributed by atoms with E-state index in [-0.39, 0.29) is 17.6 Å². The normalized spacial score (nSPS) is 41.0. The lowest BCUT2D eigenvalue weighted by Gasteiger charge is -2.53. The van der Waals surface area contributed by atoms with Crippen molar-refractivity contribution in [1.82, 2.24) is 0 Å². The predicted octanol–water partition coefficient (Wildman–Crippen LogP) is 3.36. The number of ketones is 1. The molecule has 0 saturated heterocycles. The Bertz CT molecular complexity index is 386. The summed E-state index contributed by atoms with van der Waals surface area (Å²) in [4.78, 5) is 12.4. The third kappa shape index (κ3) is 2.79. The fraction of sp³-hybridized carbons (Fsp3) is 0.944. The number of hydrogen-bond donors (Lipinski definition) is 2. The van der Waals surface area contributed by atoms with Crippen LogP contribution in [0.25, 0.3) is 0 Å². The molecule has 2 N–H and O–H groups in total. The molecule has 0 aliphatic heterocycles. The van der Waals surface area contributed by atoms with Gasteiger partial charge in [-0.15, -0.1) is 0 Å². The highest BCUT2D eigenvalue weighted by Crippen LogP contribution is 2.51. The Balaban J connectivity index is 1.87. The van der Waals surface area contributed by atoms with Crippen LogP contribution in [0.15, 0.2) is 0 Å². The van der Waals surface area contributed by atoms with E-state index in [1.54, 1.807) is 0 Å². The lowest BCUT2D eigenvalue weighted by atomic mass is 9.57. The molecular weight excluding hydrogens is 264 g/mol. The quantitative estimate of drug-likeness (QED) is 0.821. The SMILES string of the molecule is O=C1CCCC[C@H]1[C@@]1(O)CCCC[C@H]1C1(O)CCCCC1. The Kier molecular flexibility index (Phi) is 4.42. The second-order valence-corrected chi connectivity index (χ2v) is 7.72. The first-order valence-corrected chi connectivity index (χ1v) is 9.04. The maximum atomic E-state index is 12.4. The smallest absolute Gasteiger partial charge is 0.138 e.